The summed E-state index contributed by atoms with van der Waals surface area (Å²) in [5.74, 6) is -1.48. The summed E-state index contributed by atoms with van der Waals surface area (Å²) in [6, 6.07) is 13.3. The second-order valence-electron chi connectivity index (χ2n) is 5.43. The molecule has 7 nitrogen and oxygen atoms in total. The van der Waals surface area contributed by atoms with E-state index in [1.165, 1.54) is 60.8 Å². The number of anilines is 2. The molecule has 0 saturated heterocycles. The minimum absolute atomic E-state index is 0.0135. The van der Waals surface area contributed by atoms with Crippen molar-refractivity contribution in [1.82, 2.24) is 4.98 Å². The van der Waals surface area contributed by atoms with Crippen LogP contribution >= 0.6 is 0 Å². The number of benzene rings is 2. The minimum Gasteiger partial charge on any atom is -0.504 e. The molecule has 3 aromatic rings. The fourth-order valence-electron chi connectivity index (χ4n) is 2.21. The lowest BCUT2D eigenvalue weighted by Gasteiger charge is -2.10. The van der Waals surface area contributed by atoms with Crippen LogP contribution in [0.1, 0.15) is 10.4 Å². The molecule has 138 valence electrons. The number of halogens is 1. The quantitative estimate of drug-likeness (QED) is 0.624. The topological polar surface area (TPSA) is 108 Å². The highest BCUT2D eigenvalue weighted by atomic mass is 32.2. The number of carbonyl (C=O) groups excluding carboxylic acids is 1. The molecule has 0 spiro atoms. The van der Waals surface area contributed by atoms with Gasteiger partial charge in [-0.15, -0.1) is 0 Å². The maximum Gasteiger partial charge on any atom is 0.261 e. The fraction of sp³-hybridized carbons (Fsp3) is 0. The molecule has 0 saturated carbocycles. The number of aromatic nitrogens is 1. The molecule has 0 fully saturated rings. The van der Waals surface area contributed by atoms with Crippen LogP contribution in [0.3, 0.4) is 0 Å². The Balaban J connectivity index is 1.77. The summed E-state index contributed by atoms with van der Waals surface area (Å²) < 4.78 is 40.5. The zero-order valence-corrected chi connectivity index (χ0v) is 14.6. The summed E-state index contributed by atoms with van der Waals surface area (Å²) in [6.45, 7) is 0. The molecule has 2 aromatic carbocycles. The van der Waals surface area contributed by atoms with E-state index in [1.807, 2.05) is 0 Å². The number of carbonyl (C=O) groups is 1. The summed E-state index contributed by atoms with van der Waals surface area (Å²) in [7, 11) is -4.02. The summed E-state index contributed by atoms with van der Waals surface area (Å²) >= 11 is 0. The molecule has 1 heterocycles. The van der Waals surface area contributed by atoms with Crippen molar-refractivity contribution in [2.45, 2.75) is 4.90 Å². The van der Waals surface area contributed by atoms with Crippen LogP contribution in [0.15, 0.2) is 71.8 Å². The largest absolute Gasteiger partial charge is 0.504 e. The Morgan fingerprint density at radius 3 is 2.37 bits per heavy atom. The highest BCUT2D eigenvalue weighted by Crippen LogP contribution is 2.21. The van der Waals surface area contributed by atoms with Gasteiger partial charge in [-0.3, -0.25) is 9.52 Å². The summed E-state index contributed by atoms with van der Waals surface area (Å²) in [6.07, 6.45) is 1.40. The number of pyridine rings is 1. The van der Waals surface area contributed by atoms with Gasteiger partial charge in [-0.2, -0.15) is 0 Å². The Labute approximate surface area is 154 Å². The van der Waals surface area contributed by atoms with E-state index < -0.39 is 21.7 Å². The Morgan fingerprint density at radius 1 is 1.00 bits per heavy atom. The van der Waals surface area contributed by atoms with Crippen molar-refractivity contribution >= 4 is 27.4 Å². The van der Waals surface area contributed by atoms with Crippen LogP contribution < -0.4 is 10.0 Å². The molecule has 3 rings (SSSR count). The van der Waals surface area contributed by atoms with Crippen molar-refractivity contribution in [2.24, 2.45) is 0 Å². The molecule has 0 unspecified atom stereocenters. The number of nitrogens with zero attached hydrogens (tertiary/aromatic N) is 1. The number of hydrogen-bond donors (Lipinski definition) is 3. The normalized spacial score (nSPS) is 11.0. The lowest BCUT2D eigenvalue weighted by molar-refractivity contribution is 0.102. The summed E-state index contributed by atoms with van der Waals surface area (Å²) in [4.78, 5) is 15.9. The molecular weight excluding hydrogens is 373 g/mol. The first-order valence-electron chi connectivity index (χ1n) is 7.69. The van der Waals surface area contributed by atoms with Crippen molar-refractivity contribution in [1.29, 1.82) is 0 Å². The molecule has 0 aliphatic carbocycles. The van der Waals surface area contributed by atoms with Gasteiger partial charge in [-0.1, -0.05) is 12.1 Å². The van der Waals surface area contributed by atoms with E-state index in [4.69, 9.17) is 0 Å². The Kier molecular flexibility index (Phi) is 5.04. The van der Waals surface area contributed by atoms with Gasteiger partial charge in [0.25, 0.3) is 15.9 Å². The number of hydrogen-bond acceptors (Lipinski definition) is 5. The third-order valence-electron chi connectivity index (χ3n) is 3.56. The first-order chi connectivity index (χ1) is 12.9. The van der Waals surface area contributed by atoms with Crippen molar-refractivity contribution < 1.29 is 22.7 Å². The average Bonchev–Trinajstić information content (AvgIpc) is 2.65. The molecule has 0 aliphatic rings. The first kappa shape index (κ1) is 18.3. The molecule has 1 aromatic heterocycles. The highest BCUT2D eigenvalue weighted by Gasteiger charge is 2.17. The number of amides is 1. The lowest BCUT2D eigenvalue weighted by atomic mass is 10.2. The number of nitrogens with one attached hydrogen (secondary N) is 2. The van der Waals surface area contributed by atoms with Gasteiger partial charge in [-0.05, 0) is 48.5 Å². The number of rotatable bonds is 5. The van der Waals surface area contributed by atoms with E-state index in [-0.39, 0.29) is 27.7 Å². The predicted octanol–water partition coefficient (Wildman–Crippen LogP) is 2.98. The van der Waals surface area contributed by atoms with E-state index in [1.54, 1.807) is 0 Å². The predicted molar refractivity (Wildman–Crippen MR) is 97.5 cm³/mol. The zero-order chi connectivity index (χ0) is 19.4. The molecule has 0 bridgehead atoms. The minimum atomic E-state index is -4.02. The molecule has 0 aliphatic heterocycles. The maximum atomic E-state index is 13.6. The standard InChI is InChI=1S/C18H14FN3O4S/c19-14-4-1-2-5-15(14)22-27(25,26)13-9-7-12(8-10-13)18(24)21-17-16(23)6-3-11-20-17/h1-11,22-23H,(H,20,21,24). The third-order valence-corrected chi connectivity index (χ3v) is 4.94. The Morgan fingerprint density at radius 2 is 1.70 bits per heavy atom. The average molecular weight is 387 g/mol. The van der Waals surface area contributed by atoms with Crippen LogP contribution in [0.5, 0.6) is 5.75 Å². The van der Waals surface area contributed by atoms with E-state index in [0.717, 1.165) is 6.07 Å². The summed E-state index contributed by atoms with van der Waals surface area (Å²) in [5.41, 5.74) is -0.0187. The molecule has 27 heavy (non-hydrogen) atoms. The molecule has 9 heteroatoms. The maximum absolute atomic E-state index is 13.6. The van der Waals surface area contributed by atoms with Gasteiger partial charge in [0.2, 0.25) is 0 Å². The van der Waals surface area contributed by atoms with Gasteiger partial charge in [0.1, 0.15) is 5.82 Å². The van der Waals surface area contributed by atoms with Gasteiger partial charge in [0, 0.05) is 11.8 Å². The van der Waals surface area contributed by atoms with Gasteiger partial charge < -0.3 is 10.4 Å². The summed E-state index contributed by atoms with van der Waals surface area (Å²) in [5, 5.41) is 12.0. The van der Waals surface area contributed by atoms with E-state index in [0.29, 0.717) is 0 Å². The molecule has 0 atom stereocenters. The molecular formula is C18H14FN3O4S. The zero-order valence-electron chi connectivity index (χ0n) is 13.8. The van der Waals surface area contributed by atoms with Gasteiger partial charge >= 0.3 is 0 Å². The van der Waals surface area contributed by atoms with Gasteiger partial charge in [-0.25, -0.2) is 17.8 Å². The van der Waals surface area contributed by atoms with Gasteiger partial charge in [0.05, 0.1) is 10.6 Å². The number of aromatic hydroxyl groups is 1. The Hall–Kier alpha value is -3.46. The monoisotopic (exact) mass is 387 g/mol. The van der Waals surface area contributed by atoms with Crippen LogP contribution in [0.4, 0.5) is 15.9 Å². The van der Waals surface area contributed by atoms with E-state index in [2.05, 4.69) is 15.0 Å². The van der Waals surface area contributed by atoms with Crippen molar-refractivity contribution in [3.05, 3.63) is 78.2 Å². The van der Waals surface area contributed by atoms with Crippen LogP contribution in [-0.4, -0.2) is 24.4 Å². The van der Waals surface area contributed by atoms with Crippen LogP contribution in [0, 0.1) is 5.82 Å². The van der Waals surface area contributed by atoms with Crippen molar-refractivity contribution in [3.63, 3.8) is 0 Å². The van der Waals surface area contributed by atoms with Crippen LogP contribution in [0.2, 0.25) is 0 Å². The van der Waals surface area contributed by atoms with Crippen LogP contribution in [-0.2, 0) is 10.0 Å². The lowest BCUT2D eigenvalue weighted by Crippen LogP contribution is -2.15. The van der Waals surface area contributed by atoms with Crippen LogP contribution in [0.25, 0.3) is 0 Å². The Bertz CT molecular complexity index is 1090. The molecule has 1 amide bonds. The number of para-hydroxylation sites is 1. The molecule has 0 radical (unpaired) electrons. The number of sulfonamides is 1. The first-order valence-corrected chi connectivity index (χ1v) is 9.18. The van der Waals surface area contributed by atoms with Gasteiger partial charge in [0.15, 0.2) is 11.6 Å². The third kappa shape index (κ3) is 4.21. The van der Waals surface area contributed by atoms with Crippen molar-refractivity contribution in [3.8, 4) is 5.75 Å². The van der Waals surface area contributed by atoms with Crippen molar-refractivity contribution in [2.75, 3.05) is 10.0 Å². The second kappa shape index (κ2) is 7.42. The smallest absolute Gasteiger partial charge is 0.261 e. The fourth-order valence-corrected chi connectivity index (χ4v) is 3.27. The van der Waals surface area contributed by atoms with E-state index >= 15 is 0 Å². The highest BCUT2D eigenvalue weighted by molar-refractivity contribution is 7.92. The van der Waals surface area contributed by atoms with E-state index in [9.17, 15) is 22.7 Å². The second-order valence-corrected chi connectivity index (χ2v) is 7.12. The SMILES string of the molecule is O=C(Nc1ncccc1O)c1ccc(S(=O)(=O)Nc2ccccc2F)cc1. The molecule has 3 N–H and O–H groups in total.